The van der Waals surface area contributed by atoms with Gasteiger partial charge in [-0.3, -0.25) is 4.79 Å². The predicted molar refractivity (Wildman–Crippen MR) is 73.3 cm³/mol. The third-order valence-corrected chi connectivity index (χ3v) is 3.99. The molecule has 0 fully saturated rings. The summed E-state index contributed by atoms with van der Waals surface area (Å²) in [5, 5.41) is 9.84. The van der Waals surface area contributed by atoms with Gasteiger partial charge in [0.25, 0.3) is 5.56 Å². The van der Waals surface area contributed by atoms with Gasteiger partial charge in [-0.15, -0.1) is 11.3 Å². The molecule has 0 aliphatic carbocycles. The summed E-state index contributed by atoms with van der Waals surface area (Å²) in [5.41, 5.74) is 0.0740. The summed E-state index contributed by atoms with van der Waals surface area (Å²) in [6.07, 6.45) is 0.949. The first kappa shape index (κ1) is 12.8. The number of aromatic hydroxyl groups is 1. The van der Waals surface area contributed by atoms with Crippen molar-refractivity contribution in [3.63, 3.8) is 0 Å². The standard InChI is InChI=1S/C13H16N2O2S/c1-4-8-5-6-9(18-8)11-14-12(16)10(7(2)3)13(17)15-11/h5-7H,4H2,1-3H3,(H2,14,15,16,17). The van der Waals surface area contributed by atoms with Crippen LogP contribution in [0.5, 0.6) is 5.88 Å². The van der Waals surface area contributed by atoms with Crippen molar-refractivity contribution in [2.45, 2.75) is 33.1 Å². The van der Waals surface area contributed by atoms with E-state index in [1.807, 2.05) is 26.0 Å². The lowest BCUT2D eigenvalue weighted by atomic mass is 10.1. The van der Waals surface area contributed by atoms with Crippen LogP contribution in [-0.4, -0.2) is 15.1 Å². The molecular weight excluding hydrogens is 248 g/mol. The molecule has 96 valence electrons. The van der Waals surface area contributed by atoms with Gasteiger partial charge in [0.2, 0.25) is 5.88 Å². The molecule has 0 saturated heterocycles. The van der Waals surface area contributed by atoms with Crippen molar-refractivity contribution in [2.24, 2.45) is 0 Å². The molecule has 4 nitrogen and oxygen atoms in total. The fraction of sp³-hybridized carbons (Fsp3) is 0.385. The first-order valence-corrected chi connectivity index (χ1v) is 6.76. The summed E-state index contributed by atoms with van der Waals surface area (Å²) >= 11 is 1.57. The van der Waals surface area contributed by atoms with Gasteiger partial charge in [0, 0.05) is 4.88 Å². The van der Waals surface area contributed by atoms with E-state index in [1.54, 1.807) is 11.3 Å². The summed E-state index contributed by atoms with van der Waals surface area (Å²) in [6, 6.07) is 3.92. The van der Waals surface area contributed by atoms with Crippen molar-refractivity contribution in [1.29, 1.82) is 0 Å². The lowest BCUT2D eigenvalue weighted by Gasteiger charge is -2.07. The van der Waals surface area contributed by atoms with Crippen LogP contribution in [0.1, 0.15) is 37.1 Å². The van der Waals surface area contributed by atoms with E-state index in [0.29, 0.717) is 11.4 Å². The van der Waals surface area contributed by atoms with Gasteiger partial charge in [-0.1, -0.05) is 20.8 Å². The summed E-state index contributed by atoms with van der Waals surface area (Å²) < 4.78 is 0. The van der Waals surface area contributed by atoms with Crippen LogP contribution in [0, 0.1) is 0 Å². The Labute approximate surface area is 109 Å². The van der Waals surface area contributed by atoms with Gasteiger partial charge in [-0.2, -0.15) is 4.98 Å². The smallest absolute Gasteiger partial charge is 0.258 e. The van der Waals surface area contributed by atoms with Gasteiger partial charge in [-0.25, -0.2) is 0 Å². The third kappa shape index (κ3) is 2.31. The predicted octanol–water partition coefficient (Wildman–Crippen LogP) is 2.89. The van der Waals surface area contributed by atoms with Crippen molar-refractivity contribution < 1.29 is 5.11 Å². The monoisotopic (exact) mass is 264 g/mol. The average Bonchev–Trinajstić information content (AvgIpc) is 2.75. The maximum Gasteiger partial charge on any atom is 0.258 e. The van der Waals surface area contributed by atoms with E-state index in [9.17, 15) is 9.90 Å². The zero-order chi connectivity index (χ0) is 13.3. The quantitative estimate of drug-likeness (QED) is 0.895. The lowest BCUT2D eigenvalue weighted by Crippen LogP contribution is -2.16. The Hall–Kier alpha value is -1.62. The number of aromatic amines is 1. The number of rotatable bonds is 3. The van der Waals surface area contributed by atoms with Crippen molar-refractivity contribution >= 4 is 11.3 Å². The second kappa shape index (κ2) is 4.94. The normalized spacial score (nSPS) is 11.1. The molecule has 0 unspecified atom stereocenters. The van der Waals surface area contributed by atoms with Gasteiger partial charge in [0.05, 0.1) is 10.4 Å². The summed E-state index contributed by atoms with van der Waals surface area (Å²) in [5.74, 6) is 0.214. The van der Waals surface area contributed by atoms with E-state index in [0.717, 1.165) is 11.3 Å². The molecule has 0 spiro atoms. The highest BCUT2D eigenvalue weighted by atomic mass is 32.1. The van der Waals surface area contributed by atoms with E-state index in [-0.39, 0.29) is 17.4 Å². The van der Waals surface area contributed by atoms with Gasteiger partial charge in [0.1, 0.15) is 0 Å². The van der Waals surface area contributed by atoms with E-state index >= 15 is 0 Å². The number of hydrogen-bond acceptors (Lipinski definition) is 4. The third-order valence-electron chi connectivity index (χ3n) is 2.76. The minimum atomic E-state index is -0.265. The summed E-state index contributed by atoms with van der Waals surface area (Å²) in [7, 11) is 0. The van der Waals surface area contributed by atoms with Gasteiger partial charge in [0.15, 0.2) is 5.82 Å². The summed E-state index contributed by atoms with van der Waals surface area (Å²) in [4.78, 5) is 20.8. The van der Waals surface area contributed by atoms with Crippen LogP contribution in [-0.2, 0) is 6.42 Å². The second-order valence-electron chi connectivity index (χ2n) is 4.43. The molecular formula is C13H16N2O2S. The molecule has 2 aromatic heterocycles. The molecule has 18 heavy (non-hydrogen) atoms. The maximum atomic E-state index is 11.9. The molecule has 2 rings (SSSR count). The highest BCUT2D eigenvalue weighted by molar-refractivity contribution is 7.15. The topological polar surface area (TPSA) is 66.0 Å². The van der Waals surface area contributed by atoms with Crippen molar-refractivity contribution in [2.75, 3.05) is 0 Å². The van der Waals surface area contributed by atoms with Crippen molar-refractivity contribution in [3.8, 4) is 16.6 Å². The Morgan fingerprint density at radius 2 is 2.17 bits per heavy atom. The van der Waals surface area contributed by atoms with Crippen LogP contribution in [0.3, 0.4) is 0 Å². The Morgan fingerprint density at radius 3 is 2.67 bits per heavy atom. The fourth-order valence-corrected chi connectivity index (χ4v) is 2.70. The summed E-state index contributed by atoms with van der Waals surface area (Å²) in [6.45, 7) is 5.78. The molecule has 0 saturated carbocycles. The highest BCUT2D eigenvalue weighted by Gasteiger charge is 2.15. The molecule has 5 heteroatoms. The number of aryl methyl sites for hydroxylation is 1. The zero-order valence-electron chi connectivity index (χ0n) is 10.7. The average molecular weight is 264 g/mol. The van der Waals surface area contributed by atoms with Crippen molar-refractivity contribution in [1.82, 2.24) is 9.97 Å². The van der Waals surface area contributed by atoms with Gasteiger partial charge >= 0.3 is 0 Å². The Morgan fingerprint density at radius 1 is 1.44 bits per heavy atom. The maximum absolute atomic E-state index is 11.9. The molecule has 0 aromatic carbocycles. The van der Waals surface area contributed by atoms with Crippen LogP contribution in [0.4, 0.5) is 0 Å². The largest absolute Gasteiger partial charge is 0.493 e. The highest BCUT2D eigenvalue weighted by Crippen LogP contribution is 2.27. The number of nitrogens with zero attached hydrogens (tertiary/aromatic N) is 1. The molecule has 2 N–H and O–H groups in total. The molecule has 0 radical (unpaired) electrons. The molecule has 0 amide bonds. The SMILES string of the molecule is CCc1ccc(-c2nc(O)c(C(C)C)c(=O)[nH]2)s1. The van der Waals surface area contributed by atoms with Gasteiger partial charge < -0.3 is 10.1 Å². The Kier molecular flexibility index (Phi) is 3.52. The van der Waals surface area contributed by atoms with E-state index in [1.165, 1.54) is 4.88 Å². The number of nitrogens with one attached hydrogen (secondary N) is 1. The minimum absolute atomic E-state index is 0.0511. The first-order valence-electron chi connectivity index (χ1n) is 5.95. The van der Waals surface area contributed by atoms with E-state index in [2.05, 4.69) is 16.9 Å². The van der Waals surface area contributed by atoms with Gasteiger partial charge in [-0.05, 0) is 24.5 Å². The molecule has 2 aromatic rings. The number of hydrogen-bond donors (Lipinski definition) is 2. The molecule has 0 aliphatic heterocycles. The Balaban J connectivity index is 2.51. The molecule has 0 aliphatic rings. The van der Waals surface area contributed by atoms with Crippen LogP contribution < -0.4 is 5.56 Å². The first-order chi connectivity index (χ1) is 8.52. The van der Waals surface area contributed by atoms with E-state index < -0.39 is 0 Å². The van der Waals surface area contributed by atoms with Crippen LogP contribution >= 0.6 is 11.3 Å². The number of H-pyrrole nitrogens is 1. The van der Waals surface area contributed by atoms with Crippen LogP contribution in [0.15, 0.2) is 16.9 Å². The van der Waals surface area contributed by atoms with Crippen LogP contribution in [0.2, 0.25) is 0 Å². The molecule has 2 heterocycles. The second-order valence-corrected chi connectivity index (χ2v) is 5.59. The zero-order valence-corrected chi connectivity index (χ0v) is 11.5. The molecule has 0 atom stereocenters. The van der Waals surface area contributed by atoms with Crippen molar-refractivity contribution in [3.05, 3.63) is 32.9 Å². The number of thiophene rings is 1. The lowest BCUT2D eigenvalue weighted by molar-refractivity contribution is 0.440. The number of aromatic nitrogens is 2. The fourth-order valence-electron chi connectivity index (χ4n) is 1.80. The minimum Gasteiger partial charge on any atom is -0.493 e. The van der Waals surface area contributed by atoms with E-state index in [4.69, 9.17) is 0 Å². The Bertz CT molecular complexity index is 614. The molecule has 0 bridgehead atoms. The van der Waals surface area contributed by atoms with Crippen LogP contribution in [0.25, 0.3) is 10.7 Å².